The predicted molar refractivity (Wildman–Crippen MR) is 83.4 cm³/mol. The fourth-order valence-corrected chi connectivity index (χ4v) is 2.96. The number of methoxy groups -OCH3 is 1. The van der Waals surface area contributed by atoms with Crippen molar-refractivity contribution in [2.45, 2.75) is 25.1 Å². The quantitative estimate of drug-likeness (QED) is 0.883. The van der Waals surface area contributed by atoms with E-state index in [2.05, 4.69) is 0 Å². The van der Waals surface area contributed by atoms with Gasteiger partial charge in [0.1, 0.15) is 5.75 Å². The summed E-state index contributed by atoms with van der Waals surface area (Å²) in [6.07, 6.45) is -0.955. The summed E-state index contributed by atoms with van der Waals surface area (Å²) in [6, 6.07) is 16.9. The van der Waals surface area contributed by atoms with Crippen LogP contribution in [-0.2, 0) is 4.79 Å². The minimum absolute atomic E-state index is 0.105. The number of hydrogen-bond acceptors (Lipinski definition) is 3. The molecule has 1 saturated heterocycles. The molecular formula is C18H19NO3. The van der Waals surface area contributed by atoms with Gasteiger partial charge in [-0.1, -0.05) is 42.5 Å². The molecule has 114 valence electrons. The zero-order valence-corrected chi connectivity index (χ0v) is 12.6. The molecule has 1 N–H and O–H groups in total. The van der Waals surface area contributed by atoms with Crippen molar-refractivity contribution < 1.29 is 14.6 Å². The highest BCUT2D eigenvalue weighted by Gasteiger charge is 2.49. The molecule has 3 rings (SSSR count). The summed E-state index contributed by atoms with van der Waals surface area (Å²) < 4.78 is 5.16. The van der Waals surface area contributed by atoms with E-state index in [0.717, 1.165) is 16.9 Å². The third-order valence-electron chi connectivity index (χ3n) is 4.26. The van der Waals surface area contributed by atoms with Crippen LogP contribution in [0, 0.1) is 0 Å². The number of ether oxygens (including phenoxy) is 1. The van der Waals surface area contributed by atoms with Crippen molar-refractivity contribution in [3.8, 4) is 5.75 Å². The van der Waals surface area contributed by atoms with Gasteiger partial charge in [0.25, 0.3) is 5.91 Å². The van der Waals surface area contributed by atoms with Crippen LogP contribution in [0.4, 0.5) is 0 Å². The molecule has 1 aliphatic heterocycles. The van der Waals surface area contributed by atoms with Crippen molar-refractivity contribution in [2.75, 3.05) is 7.11 Å². The number of aliphatic hydroxyl groups is 1. The lowest BCUT2D eigenvalue weighted by atomic mass is 9.87. The van der Waals surface area contributed by atoms with Gasteiger partial charge in [-0.15, -0.1) is 0 Å². The van der Waals surface area contributed by atoms with E-state index in [1.165, 1.54) is 0 Å². The fourth-order valence-electron chi connectivity index (χ4n) is 2.96. The van der Waals surface area contributed by atoms with Gasteiger partial charge in [-0.3, -0.25) is 4.79 Å². The first-order valence-electron chi connectivity index (χ1n) is 7.32. The highest BCUT2D eigenvalue weighted by atomic mass is 16.5. The maximum Gasteiger partial charge on any atom is 0.255 e. The Bertz CT molecular complexity index is 654. The molecule has 1 aliphatic rings. The second kappa shape index (κ2) is 5.81. The van der Waals surface area contributed by atoms with Crippen molar-refractivity contribution in [1.82, 2.24) is 4.90 Å². The lowest BCUT2D eigenvalue weighted by Crippen LogP contribution is -2.59. The summed E-state index contributed by atoms with van der Waals surface area (Å²) in [5, 5.41) is 10.1. The van der Waals surface area contributed by atoms with E-state index >= 15 is 0 Å². The first-order valence-corrected chi connectivity index (χ1v) is 7.32. The predicted octanol–water partition coefficient (Wildman–Crippen LogP) is 2.70. The first-order chi connectivity index (χ1) is 10.6. The van der Waals surface area contributed by atoms with Gasteiger partial charge in [0.05, 0.1) is 19.2 Å². The topological polar surface area (TPSA) is 49.8 Å². The Morgan fingerprint density at radius 3 is 2.32 bits per heavy atom. The number of aliphatic hydroxyl groups excluding tert-OH is 1. The molecular weight excluding hydrogens is 278 g/mol. The van der Waals surface area contributed by atoms with Crippen LogP contribution < -0.4 is 4.74 Å². The third kappa shape index (κ3) is 2.35. The molecule has 1 amide bonds. The molecule has 4 nitrogen and oxygen atoms in total. The second-order valence-electron chi connectivity index (χ2n) is 5.49. The van der Waals surface area contributed by atoms with E-state index in [0.29, 0.717) is 0 Å². The van der Waals surface area contributed by atoms with Crippen molar-refractivity contribution in [1.29, 1.82) is 0 Å². The molecule has 2 aromatic rings. The highest BCUT2D eigenvalue weighted by Crippen LogP contribution is 2.41. The normalized spacial score (nSPS) is 22.1. The minimum Gasteiger partial charge on any atom is -0.497 e. The number of hydrogen-bond donors (Lipinski definition) is 1. The Balaban J connectivity index is 1.86. The van der Waals surface area contributed by atoms with Gasteiger partial charge in [0, 0.05) is 0 Å². The number of carbonyl (C=O) groups is 1. The molecule has 4 heteroatoms. The summed E-state index contributed by atoms with van der Waals surface area (Å²) in [5.41, 5.74) is 1.97. The number of carbonyl (C=O) groups excluding carboxylic acids is 1. The third-order valence-corrected chi connectivity index (χ3v) is 4.26. The van der Waals surface area contributed by atoms with Gasteiger partial charge in [-0.25, -0.2) is 0 Å². The van der Waals surface area contributed by atoms with E-state index < -0.39 is 6.10 Å². The van der Waals surface area contributed by atoms with E-state index in [1.54, 1.807) is 12.0 Å². The van der Waals surface area contributed by atoms with Gasteiger partial charge in [0.15, 0.2) is 6.10 Å². The fraction of sp³-hybridized carbons (Fsp3) is 0.278. The Morgan fingerprint density at radius 2 is 1.73 bits per heavy atom. The number of benzene rings is 2. The zero-order valence-electron chi connectivity index (χ0n) is 12.6. The summed E-state index contributed by atoms with van der Waals surface area (Å²) in [7, 11) is 1.62. The molecule has 1 heterocycles. The van der Waals surface area contributed by atoms with Crippen molar-refractivity contribution >= 4 is 5.91 Å². The SMILES string of the molecule is COc1ccc([C@H](C)N2C(=O)[C@@H](O)[C@H]2c2ccccc2)cc1. The van der Waals surface area contributed by atoms with Crippen LogP contribution in [0.3, 0.4) is 0 Å². The number of amides is 1. The molecule has 22 heavy (non-hydrogen) atoms. The Morgan fingerprint density at radius 1 is 1.09 bits per heavy atom. The Hall–Kier alpha value is -2.33. The summed E-state index contributed by atoms with van der Waals surface area (Å²) >= 11 is 0. The maximum atomic E-state index is 12.1. The van der Waals surface area contributed by atoms with E-state index in [9.17, 15) is 9.90 Å². The Kier molecular flexibility index (Phi) is 3.86. The zero-order chi connectivity index (χ0) is 15.7. The van der Waals surface area contributed by atoms with Crippen molar-refractivity contribution in [2.24, 2.45) is 0 Å². The lowest BCUT2D eigenvalue weighted by molar-refractivity contribution is -0.172. The highest BCUT2D eigenvalue weighted by molar-refractivity contribution is 5.89. The molecule has 0 aromatic heterocycles. The van der Waals surface area contributed by atoms with Crippen LogP contribution in [0.5, 0.6) is 5.75 Å². The maximum absolute atomic E-state index is 12.1. The van der Waals surface area contributed by atoms with Gasteiger partial charge in [-0.05, 0) is 30.2 Å². The minimum atomic E-state index is -0.955. The van der Waals surface area contributed by atoms with Crippen LogP contribution >= 0.6 is 0 Å². The van der Waals surface area contributed by atoms with E-state index in [-0.39, 0.29) is 18.0 Å². The van der Waals surface area contributed by atoms with Crippen LogP contribution in [0.2, 0.25) is 0 Å². The molecule has 0 saturated carbocycles. The van der Waals surface area contributed by atoms with Crippen molar-refractivity contribution in [3.63, 3.8) is 0 Å². The van der Waals surface area contributed by atoms with Crippen molar-refractivity contribution in [3.05, 3.63) is 65.7 Å². The molecule has 2 aromatic carbocycles. The van der Waals surface area contributed by atoms with Gasteiger partial charge in [0.2, 0.25) is 0 Å². The molecule has 0 spiro atoms. The van der Waals surface area contributed by atoms with Gasteiger partial charge >= 0.3 is 0 Å². The van der Waals surface area contributed by atoms with Crippen LogP contribution in [0.15, 0.2) is 54.6 Å². The summed E-state index contributed by atoms with van der Waals surface area (Å²) in [5.74, 6) is 0.558. The largest absolute Gasteiger partial charge is 0.497 e. The first kappa shape index (κ1) is 14.6. The number of rotatable bonds is 4. The molecule has 0 aliphatic carbocycles. The summed E-state index contributed by atoms with van der Waals surface area (Å²) in [6.45, 7) is 1.97. The molecule has 0 bridgehead atoms. The van der Waals surface area contributed by atoms with Crippen LogP contribution in [0.1, 0.15) is 30.1 Å². The average Bonchev–Trinajstić information content (AvgIpc) is 2.59. The molecule has 0 unspecified atom stereocenters. The second-order valence-corrected chi connectivity index (χ2v) is 5.49. The van der Waals surface area contributed by atoms with E-state index in [4.69, 9.17) is 4.74 Å². The van der Waals surface area contributed by atoms with Gasteiger partial charge < -0.3 is 14.7 Å². The molecule has 1 fully saturated rings. The Labute approximate surface area is 130 Å². The number of nitrogens with zero attached hydrogens (tertiary/aromatic N) is 1. The van der Waals surface area contributed by atoms with Crippen LogP contribution in [-0.4, -0.2) is 29.1 Å². The lowest BCUT2D eigenvalue weighted by Gasteiger charge is -2.48. The van der Waals surface area contributed by atoms with E-state index in [1.807, 2.05) is 61.5 Å². The molecule has 0 radical (unpaired) electrons. The molecule has 3 atom stereocenters. The number of likely N-dealkylation sites (tertiary alicyclic amines) is 1. The monoisotopic (exact) mass is 297 g/mol. The average molecular weight is 297 g/mol. The van der Waals surface area contributed by atoms with Gasteiger partial charge in [-0.2, -0.15) is 0 Å². The smallest absolute Gasteiger partial charge is 0.255 e. The number of β-lactam (4-membered cyclic amide) rings is 1. The summed E-state index contributed by atoms with van der Waals surface area (Å²) in [4.78, 5) is 13.9. The van der Waals surface area contributed by atoms with Crippen LogP contribution in [0.25, 0.3) is 0 Å². The standard InChI is InChI=1S/C18H19NO3/c1-12(13-8-10-15(22-2)11-9-13)19-16(17(20)18(19)21)14-6-4-3-5-7-14/h3-12,16-17,20H,1-2H3/t12-,16+,17-/m0/s1.